The summed E-state index contributed by atoms with van der Waals surface area (Å²) in [6, 6.07) is 4.87. The Labute approximate surface area is 164 Å². The molecule has 1 unspecified atom stereocenters. The van der Waals surface area contributed by atoms with Crippen LogP contribution < -0.4 is 10.2 Å². The van der Waals surface area contributed by atoms with Gasteiger partial charge in [0.25, 0.3) is 0 Å². The van der Waals surface area contributed by atoms with Crippen molar-refractivity contribution in [3.8, 4) is 0 Å². The Kier molecular flexibility index (Phi) is 4.63. The second kappa shape index (κ2) is 6.59. The highest BCUT2D eigenvalue weighted by atomic mass is 16.2. The molecule has 3 aliphatic heterocycles. The third-order valence-electron chi connectivity index (χ3n) is 6.97. The first-order chi connectivity index (χ1) is 12.7. The number of hydrogen-bond acceptors (Lipinski definition) is 3. The number of benzene rings is 1. The zero-order valence-electron chi connectivity index (χ0n) is 17.7. The lowest BCUT2D eigenvalue weighted by atomic mass is 9.82. The molecule has 0 aliphatic carbocycles. The molecule has 0 spiro atoms. The lowest BCUT2D eigenvalue weighted by molar-refractivity contribution is -0.118. The number of fused-ring (bicyclic) bond motifs is 1. The van der Waals surface area contributed by atoms with Crippen LogP contribution >= 0.6 is 0 Å². The Morgan fingerprint density at radius 3 is 2.48 bits per heavy atom. The average Bonchev–Trinajstić information content (AvgIpc) is 3.17. The molecule has 0 radical (unpaired) electrons. The van der Waals surface area contributed by atoms with Gasteiger partial charge in [-0.2, -0.15) is 0 Å². The number of piperidine rings is 1. The summed E-state index contributed by atoms with van der Waals surface area (Å²) in [5.74, 6) is 0.299. The van der Waals surface area contributed by atoms with E-state index in [0.717, 1.165) is 39.0 Å². The molecule has 1 aromatic rings. The molecule has 1 atom stereocenters. The zero-order valence-corrected chi connectivity index (χ0v) is 17.7. The van der Waals surface area contributed by atoms with Crippen LogP contribution in [-0.4, -0.2) is 48.6 Å². The first-order valence-corrected chi connectivity index (χ1v) is 10.6. The van der Waals surface area contributed by atoms with Crippen molar-refractivity contribution < 1.29 is 4.79 Å². The quantitative estimate of drug-likeness (QED) is 0.868. The molecule has 148 valence electrons. The molecule has 0 saturated carbocycles. The molecule has 27 heavy (non-hydrogen) atoms. The van der Waals surface area contributed by atoms with Crippen LogP contribution in [0.15, 0.2) is 12.1 Å². The van der Waals surface area contributed by atoms with E-state index in [0.29, 0.717) is 23.9 Å². The van der Waals surface area contributed by atoms with Gasteiger partial charge in [0, 0.05) is 36.9 Å². The second-order valence-electron chi connectivity index (χ2n) is 10.1. The largest absolute Gasteiger partial charge is 0.315 e. The topological polar surface area (TPSA) is 35.6 Å². The van der Waals surface area contributed by atoms with E-state index in [9.17, 15) is 4.79 Å². The molecule has 1 N–H and O–H groups in total. The summed E-state index contributed by atoms with van der Waals surface area (Å²) in [5.41, 5.74) is 5.44. The summed E-state index contributed by atoms with van der Waals surface area (Å²) >= 11 is 0. The summed E-state index contributed by atoms with van der Waals surface area (Å²) in [7, 11) is 0. The van der Waals surface area contributed by atoms with E-state index in [4.69, 9.17) is 0 Å². The van der Waals surface area contributed by atoms with Crippen molar-refractivity contribution in [3.05, 3.63) is 28.8 Å². The molecule has 4 rings (SSSR count). The standard InChI is InChI=1S/C23H35N3O/c1-16-12-19(22(2,3)4)18-14-21(27)26(20(18)13-16)17-6-10-25(11-7-17)23(5)8-9-24-15-23/h12-13,17,24H,6-11,14-15H2,1-5H3. The Morgan fingerprint density at radius 2 is 1.89 bits per heavy atom. The molecule has 1 aromatic carbocycles. The van der Waals surface area contributed by atoms with Crippen molar-refractivity contribution in [1.82, 2.24) is 10.2 Å². The molecule has 4 heteroatoms. The van der Waals surface area contributed by atoms with Crippen LogP contribution in [0.5, 0.6) is 0 Å². The van der Waals surface area contributed by atoms with Gasteiger partial charge in [-0.25, -0.2) is 0 Å². The van der Waals surface area contributed by atoms with E-state index in [1.54, 1.807) is 0 Å². The van der Waals surface area contributed by atoms with E-state index in [1.165, 1.54) is 28.8 Å². The molecule has 2 fully saturated rings. The Bertz CT molecular complexity index is 735. The van der Waals surface area contributed by atoms with E-state index in [-0.39, 0.29) is 5.41 Å². The van der Waals surface area contributed by atoms with Gasteiger partial charge in [0.2, 0.25) is 5.91 Å². The smallest absolute Gasteiger partial charge is 0.231 e. The number of aryl methyl sites for hydroxylation is 1. The van der Waals surface area contributed by atoms with Gasteiger partial charge in [0.05, 0.1) is 6.42 Å². The van der Waals surface area contributed by atoms with Gasteiger partial charge in [-0.1, -0.05) is 26.8 Å². The number of carbonyl (C=O) groups is 1. The van der Waals surface area contributed by atoms with Crippen LogP contribution in [0.1, 0.15) is 63.6 Å². The van der Waals surface area contributed by atoms with E-state index in [2.05, 4.69) is 61.9 Å². The Hall–Kier alpha value is -1.39. The lowest BCUT2D eigenvalue weighted by Crippen LogP contribution is -2.54. The van der Waals surface area contributed by atoms with Crippen LogP contribution in [0, 0.1) is 6.92 Å². The predicted octanol–water partition coefficient (Wildman–Crippen LogP) is 3.40. The molecule has 3 heterocycles. The van der Waals surface area contributed by atoms with Crippen molar-refractivity contribution in [2.45, 2.75) is 77.3 Å². The van der Waals surface area contributed by atoms with E-state index >= 15 is 0 Å². The first kappa shape index (κ1) is 18.9. The fourth-order valence-corrected chi connectivity index (χ4v) is 5.38. The number of nitrogens with zero attached hydrogens (tertiary/aromatic N) is 2. The van der Waals surface area contributed by atoms with E-state index < -0.39 is 0 Å². The highest BCUT2D eigenvalue weighted by Crippen LogP contribution is 2.41. The van der Waals surface area contributed by atoms with Gasteiger partial charge in [-0.15, -0.1) is 0 Å². The fraction of sp³-hybridized carbons (Fsp3) is 0.696. The summed E-state index contributed by atoms with van der Waals surface area (Å²) in [6.45, 7) is 15.7. The van der Waals surface area contributed by atoms with Crippen LogP contribution in [-0.2, 0) is 16.6 Å². The van der Waals surface area contributed by atoms with Crippen molar-refractivity contribution in [2.75, 3.05) is 31.1 Å². The van der Waals surface area contributed by atoms with Crippen LogP contribution in [0.25, 0.3) is 0 Å². The summed E-state index contributed by atoms with van der Waals surface area (Å²) < 4.78 is 0. The summed E-state index contributed by atoms with van der Waals surface area (Å²) in [4.78, 5) is 17.8. The molecule has 2 saturated heterocycles. The van der Waals surface area contributed by atoms with Crippen molar-refractivity contribution in [3.63, 3.8) is 0 Å². The minimum Gasteiger partial charge on any atom is -0.315 e. The monoisotopic (exact) mass is 369 g/mol. The van der Waals surface area contributed by atoms with E-state index in [1.807, 2.05) is 0 Å². The van der Waals surface area contributed by atoms with Crippen molar-refractivity contribution in [1.29, 1.82) is 0 Å². The zero-order chi connectivity index (χ0) is 19.4. The van der Waals surface area contributed by atoms with Gasteiger partial charge in [-0.3, -0.25) is 9.69 Å². The number of rotatable bonds is 2. The van der Waals surface area contributed by atoms with Gasteiger partial charge < -0.3 is 10.2 Å². The van der Waals surface area contributed by atoms with Crippen LogP contribution in [0.4, 0.5) is 5.69 Å². The summed E-state index contributed by atoms with van der Waals surface area (Å²) in [5, 5.41) is 3.52. The summed E-state index contributed by atoms with van der Waals surface area (Å²) in [6.07, 6.45) is 3.97. The number of amides is 1. The maximum Gasteiger partial charge on any atom is 0.231 e. The highest BCUT2D eigenvalue weighted by molar-refractivity contribution is 6.02. The predicted molar refractivity (Wildman–Crippen MR) is 112 cm³/mol. The van der Waals surface area contributed by atoms with Gasteiger partial charge in [-0.05, 0) is 67.8 Å². The minimum absolute atomic E-state index is 0.0693. The maximum atomic E-state index is 13.0. The van der Waals surface area contributed by atoms with Crippen LogP contribution in [0.2, 0.25) is 0 Å². The Balaban J connectivity index is 1.57. The average molecular weight is 370 g/mol. The van der Waals surface area contributed by atoms with Crippen molar-refractivity contribution >= 4 is 11.6 Å². The molecule has 0 bridgehead atoms. The molecular formula is C23H35N3O. The number of nitrogens with one attached hydrogen (secondary N) is 1. The van der Waals surface area contributed by atoms with Crippen LogP contribution in [0.3, 0.4) is 0 Å². The molecule has 3 aliphatic rings. The number of hydrogen-bond donors (Lipinski definition) is 1. The highest BCUT2D eigenvalue weighted by Gasteiger charge is 2.41. The third-order valence-corrected chi connectivity index (χ3v) is 6.97. The normalized spacial score (nSPS) is 27.4. The maximum absolute atomic E-state index is 13.0. The minimum atomic E-state index is 0.0693. The SMILES string of the molecule is Cc1cc2c(c(C(C)(C)C)c1)CC(=O)N2C1CCN(C2(C)CCNC2)CC1. The van der Waals surface area contributed by atoms with Gasteiger partial charge in [0.1, 0.15) is 0 Å². The molecule has 0 aromatic heterocycles. The number of likely N-dealkylation sites (tertiary alicyclic amines) is 1. The number of anilines is 1. The van der Waals surface area contributed by atoms with Gasteiger partial charge in [0.15, 0.2) is 0 Å². The third kappa shape index (κ3) is 3.31. The van der Waals surface area contributed by atoms with Crippen molar-refractivity contribution in [2.24, 2.45) is 0 Å². The van der Waals surface area contributed by atoms with Gasteiger partial charge >= 0.3 is 0 Å². The molecular weight excluding hydrogens is 334 g/mol. The molecule has 1 amide bonds. The fourth-order valence-electron chi connectivity index (χ4n) is 5.38. The lowest BCUT2D eigenvalue weighted by Gasteiger charge is -2.44. The molecule has 4 nitrogen and oxygen atoms in total. The second-order valence-corrected chi connectivity index (χ2v) is 10.1. The Morgan fingerprint density at radius 1 is 1.19 bits per heavy atom. The number of carbonyl (C=O) groups excluding carboxylic acids is 1. The first-order valence-electron chi connectivity index (χ1n) is 10.6.